The van der Waals surface area contributed by atoms with Gasteiger partial charge in [-0.1, -0.05) is 11.3 Å². The normalized spacial score (nSPS) is 11.1. The van der Waals surface area contributed by atoms with E-state index in [-0.39, 0.29) is 5.56 Å². The monoisotopic (exact) mass is 336 g/mol. The molecule has 0 bridgehead atoms. The van der Waals surface area contributed by atoms with Crippen LogP contribution in [0.4, 0.5) is 14.5 Å². The lowest BCUT2D eigenvalue weighted by atomic mass is 10.2. The fourth-order valence-electron chi connectivity index (χ4n) is 2.30. The highest BCUT2D eigenvalue weighted by Crippen LogP contribution is 2.20. The molecule has 5 nitrogen and oxygen atoms in total. The summed E-state index contributed by atoms with van der Waals surface area (Å²) in [5.41, 5.74) is 0.842. The molecule has 2 aromatic heterocycles. The Hall–Kier alpha value is -2.35. The maximum Gasteiger partial charge on any atom is 0.275 e. The summed E-state index contributed by atoms with van der Waals surface area (Å²) in [4.78, 5) is 18.8. The molecule has 8 heteroatoms. The predicted octanol–water partition coefficient (Wildman–Crippen LogP) is 2.76. The number of halogens is 2. The molecule has 0 saturated carbocycles. The van der Waals surface area contributed by atoms with Crippen LogP contribution < -0.4 is 10.5 Å². The number of nitrogens with zero attached hydrogens (tertiary/aromatic N) is 4. The minimum atomic E-state index is -0.900. The second kappa shape index (κ2) is 6.04. The van der Waals surface area contributed by atoms with Gasteiger partial charge in [0.25, 0.3) is 5.56 Å². The van der Waals surface area contributed by atoms with Gasteiger partial charge in [0, 0.05) is 24.4 Å². The second-order valence-electron chi connectivity index (χ2n) is 5.01. The van der Waals surface area contributed by atoms with Gasteiger partial charge in [-0.15, -0.1) is 0 Å². The van der Waals surface area contributed by atoms with E-state index in [1.807, 2.05) is 11.8 Å². The first-order chi connectivity index (χ1) is 11.0. The molecule has 1 aromatic carbocycles. The van der Waals surface area contributed by atoms with Crippen molar-refractivity contribution in [3.05, 3.63) is 57.0 Å². The maximum atomic E-state index is 13.4. The van der Waals surface area contributed by atoms with Crippen LogP contribution in [-0.2, 0) is 6.54 Å². The average molecular weight is 336 g/mol. The van der Waals surface area contributed by atoms with Crippen LogP contribution in [0.15, 0.2) is 29.1 Å². The van der Waals surface area contributed by atoms with Crippen molar-refractivity contribution in [3.63, 3.8) is 0 Å². The lowest BCUT2D eigenvalue weighted by molar-refractivity contribution is 0.508. The number of fused-ring (bicyclic) bond motifs is 1. The number of aromatic nitrogens is 3. The number of rotatable bonds is 4. The van der Waals surface area contributed by atoms with Gasteiger partial charge in [-0.2, -0.15) is 9.61 Å². The summed E-state index contributed by atoms with van der Waals surface area (Å²) in [6.07, 6.45) is 0. The van der Waals surface area contributed by atoms with E-state index in [9.17, 15) is 13.6 Å². The van der Waals surface area contributed by atoms with Crippen LogP contribution >= 0.6 is 11.3 Å². The number of hydrogen-bond donors (Lipinski definition) is 0. The summed E-state index contributed by atoms with van der Waals surface area (Å²) in [7, 11) is 0. The van der Waals surface area contributed by atoms with Gasteiger partial charge in [0.15, 0.2) is 11.6 Å². The van der Waals surface area contributed by atoms with Crippen molar-refractivity contribution >= 4 is 22.0 Å². The van der Waals surface area contributed by atoms with Crippen LogP contribution in [0.1, 0.15) is 17.6 Å². The van der Waals surface area contributed by atoms with Crippen LogP contribution in [0.2, 0.25) is 0 Å². The first kappa shape index (κ1) is 15.5. The summed E-state index contributed by atoms with van der Waals surface area (Å²) in [5.74, 6) is -1.79. The third-order valence-electron chi connectivity index (χ3n) is 3.40. The Morgan fingerprint density at radius 2 is 2.04 bits per heavy atom. The molecule has 0 amide bonds. The van der Waals surface area contributed by atoms with Gasteiger partial charge in [0.2, 0.25) is 4.96 Å². The molecule has 0 radical (unpaired) electrons. The molecule has 23 heavy (non-hydrogen) atoms. The SMILES string of the molecule is CCN(Cc1cc(=O)n2nc(C)sc2n1)c1ccc(F)c(F)c1. The Labute approximate surface area is 134 Å². The Kier molecular flexibility index (Phi) is 4.08. The largest absolute Gasteiger partial charge is 0.366 e. The molecule has 2 heterocycles. The quantitative estimate of drug-likeness (QED) is 0.735. The highest BCUT2D eigenvalue weighted by atomic mass is 32.1. The van der Waals surface area contributed by atoms with Gasteiger partial charge in [-0.05, 0) is 26.0 Å². The molecule has 0 atom stereocenters. The van der Waals surface area contributed by atoms with Gasteiger partial charge in [0.1, 0.15) is 5.01 Å². The van der Waals surface area contributed by atoms with Crippen molar-refractivity contribution in [3.8, 4) is 0 Å². The lowest BCUT2D eigenvalue weighted by Gasteiger charge is -2.22. The number of hydrogen-bond acceptors (Lipinski definition) is 5. The van der Waals surface area contributed by atoms with Gasteiger partial charge < -0.3 is 4.90 Å². The molecule has 3 rings (SSSR count). The standard InChI is InChI=1S/C15H14F2N4OS/c1-3-20(11-4-5-12(16)13(17)7-11)8-10-6-14(22)21-15(18-10)23-9(2)19-21/h4-7H,3,8H2,1-2H3. The van der Waals surface area contributed by atoms with Gasteiger partial charge in [0.05, 0.1) is 12.2 Å². The molecular weight excluding hydrogens is 322 g/mol. The fourth-order valence-corrected chi connectivity index (χ4v) is 3.06. The molecule has 0 aliphatic carbocycles. The predicted molar refractivity (Wildman–Crippen MR) is 85.0 cm³/mol. The average Bonchev–Trinajstić information content (AvgIpc) is 2.89. The van der Waals surface area contributed by atoms with Crippen LogP contribution in [0.5, 0.6) is 0 Å². The number of benzene rings is 1. The summed E-state index contributed by atoms with van der Waals surface area (Å²) in [5, 5.41) is 4.84. The fraction of sp³-hybridized carbons (Fsp3) is 0.267. The van der Waals surface area contributed by atoms with E-state index in [1.54, 1.807) is 6.92 Å². The van der Waals surface area contributed by atoms with Gasteiger partial charge >= 0.3 is 0 Å². The highest BCUT2D eigenvalue weighted by molar-refractivity contribution is 7.16. The summed E-state index contributed by atoms with van der Waals surface area (Å²) >= 11 is 1.33. The molecule has 0 saturated heterocycles. The van der Waals surface area contributed by atoms with Crippen molar-refractivity contribution in [2.24, 2.45) is 0 Å². The zero-order chi connectivity index (χ0) is 16.6. The lowest BCUT2D eigenvalue weighted by Crippen LogP contribution is -2.25. The summed E-state index contributed by atoms with van der Waals surface area (Å²) in [6, 6.07) is 5.14. The van der Waals surface area contributed by atoms with E-state index in [0.717, 1.165) is 17.1 Å². The topological polar surface area (TPSA) is 50.5 Å². The van der Waals surface area contributed by atoms with E-state index in [4.69, 9.17) is 0 Å². The van der Waals surface area contributed by atoms with Crippen molar-refractivity contribution in [1.82, 2.24) is 14.6 Å². The number of anilines is 1. The van der Waals surface area contributed by atoms with Crippen molar-refractivity contribution in [1.29, 1.82) is 0 Å². The first-order valence-corrected chi connectivity index (χ1v) is 7.86. The molecular formula is C15H14F2N4OS. The van der Waals surface area contributed by atoms with Crippen LogP contribution in [0.3, 0.4) is 0 Å². The first-order valence-electron chi connectivity index (χ1n) is 7.04. The zero-order valence-corrected chi connectivity index (χ0v) is 13.4. The van der Waals surface area contributed by atoms with Crippen LogP contribution in [-0.4, -0.2) is 21.1 Å². The zero-order valence-electron chi connectivity index (χ0n) is 12.6. The minimum Gasteiger partial charge on any atom is -0.366 e. The molecule has 3 aromatic rings. The third-order valence-corrected chi connectivity index (χ3v) is 4.23. The summed E-state index contributed by atoms with van der Waals surface area (Å²) in [6.45, 7) is 4.58. The third kappa shape index (κ3) is 3.07. The smallest absolute Gasteiger partial charge is 0.275 e. The summed E-state index contributed by atoms with van der Waals surface area (Å²) < 4.78 is 27.7. The molecule has 0 spiro atoms. The molecule has 0 N–H and O–H groups in total. The molecule has 0 unspecified atom stereocenters. The Bertz CT molecular complexity index is 921. The maximum absolute atomic E-state index is 13.4. The highest BCUT2D eigenvalue weighted by Gasteiger charge is 2.12. The van der Waals surface area contributed by atoms with E-state index < -0.39 is 11.6 Å². The van der Waals surface area contributed by atoms with Crippen LogP contribution in [0, 0.1) is 18.6 Å². The minimum absolute atomic E-state index is 0.254. The van der Waals surface area contributed by atoms with E-state index in [0.29, 0.717) is 29.4 Å². The molecule has 0 aliphatic heterocycles. The van der Waals surface area contributed by atoms with Crippen molar-refractivity contribution in [2.75, 3.05) is 11.4 Å². The van der Waals surface area contributed by atoms with Crippen molar-refractivity contribution in [2.45, 2.75) is 20.4 Å². The van der Waals surface area contributed by atoms with Crippen molar-refractivity contribution < 1.29 is 8.78 Å². The van der Waals surface area contributed by atoms with Crippen LogP contribution in [0.25, 0.3) is 4.96 Å². The molecule has 0 aliphatic rings. The van der Waals surface area contributed by atoms with E-state index in [2.05, 4.69) is 10.1 Å². The Balaban J connectivity index is 1.95. The van der Waals surface area contributed by atoms with E-state index in [1.165, 1.54) is 28.0 Å². The van der Waals surface area contributed by atoms with Gasteiger partial charge in [-0.25, -0.2) is 13.8 Å². The van der Waals surface area contributed by atoms with E-state index >= 15 is 0 Å². The number of aryl methyl sites for hydroxylation is 1. The van der Waals surface area contributed by atoms with Gasteiger partial charge in [-0.3, -0.25) is 4.79 Å². The second-order valence-corrected chi connectivity index (χ2v) is 6.17. The molecule has 120 valence electrons. The Morgan fingerprint density at radius 3 is 2.74 bits per heavy atom. The molecule has 0 fully saturated rings. The Morgan fingerprint density at radius 1 is 1.26 bits per heavy atom.